The van der Waals surface area contributed by atoms with E-state index in [1.807, 2.05) is 0 Å². The van der Waals surface area contributed by atoms with Gasteiger partial charge in [0.2, 0.25) is 0 Å². The number of nitrogens with zero attached hydrogens (tertiary/aromatic N) is 1. The molecule has 18 heavy (non-hydrogen) atoms. The first kappa shape index (κ1) is 14.2. The molecule has 0 aliphatic carbocycles. The van der Waals surface area contributed by atoms with Crippen molar-refractivity contribution < 1.29 is 18.0 Å². The summed E-state index contributed by atoms with van der Waals surface area (Å²) in [7, 11) is 0. The first-order chi connectivity index (χ1) is 8.36. The molecule has 1 atom stereocenters. The Morgan fingerprint density at radius 2 is 1.78 bits per heavy atom. The van der Waals surface area contributed by atoms with Crippen molar-refractivity contribution in [3.63, 3.8) is 0 Å². The van der Waals surface area contributed by atoms with Crippen molar-refractivity contribution in [2.24, 2.45) is 11.8 Å². The molecule has 96 valence electrons. The second-order valence-corrected chi connectivity index (χ2v) is 4.42. The van der Waals surface area contributed by atoms with Crippen LogP contribution < -0.4 is 0 Å². The van der Waals surface area contributed by atoms with Crippen LogP contribution in [0, 0.1) is 40.6 Å². The lowest BCUT2D eigenvalue weighted by Gasteiger charge is -2.11. The molecular formula is C13H12F3NO. The molecule has 0 saturated heterocycles. The number of hydrogen-bond donors (Lipinski definition) is 0. The lowest BCUT2D eigenvalue weighted by atomic mass is 9.90. The van der Waals surface area contributed by atoms with Crippen LogP contribution in [-0.2, 0) is 0 Å². The second-order valence-electron chi connectivity index (χ2n) is 4.42. The monoisotopic (exact) mass is 255 g/mol. The van der Waals surface area contributed by atoms with Crippen molar-refractivity contribution in [1.29, 1.82) is 5.26 Å². The van der Waals surface area contributed by atoms with Gasteiger partial charge in [-0.05, 0) is 12.3 Å². The van der Waals surface area contributed by atoms with E-state index in [9.17, 15) is 18.0 Å². The zero-order valence-electron chi connectivity index (χ0n) is 10.0. The predicted molar refractivity (Wildman–Crippen MR) is 59.2 cm³/mol. The van der Waals surface area contributed by atoms with Crippen LogP contribution in [0.5, 0.6) is 0 Å². The van der Waals surface area contributed by atoms with Gasteiger partial charge in [0.05, 0.1) is 11.6 Å². The standard InChI is InChI=1S/C13H12F3NO/c1-7(2)3-8(6-17)13(18)12-10(15)4-9(14)5-11(12)16/h4-5,7-8H,3H2,1-2H3. The topological polar surface area (TPSA) is 40.9 Å². The number of carbonyl (C=O) groups excluding carboxylic acids is 1. The maximum absolute atomic E-state index is 13.4. The molecule has 0 radical (unpaired) electrons. The van der Waals surface area contributed by atoms with Gasteiger partial charge in [0, 0.05) is 12.1 Å². The molecule has 0 bridgehead atoms. The van der Waals surface area contributed by atoms with E-state index >= 15 is 0 Å². The maximum Gasteiger partial charge on any atom is 0.185 e. The Bertz CT molecular complexity index is 482. The van der Waals surface area contributed by atoms with Gasteiger partial charge in [0.1, 0.15) is 23.4 Å². The van der Waals surface area contributed by atoms with E-state index < -0.39 is 34.7 Å². The third kappa shape index (κ3) is 3.10. The molecule has 2 nitrogen and oxygen atoms in total. The molecule has 0 spiro atoms. The molecule has 0 N–H and O–H groups in total. The van der Waals surface area contributed by atoms with E-state index in [0.717, 1.165) is 0 Å². The molecular weight excluding hydrogens is 243 g/mol. The molecule has 0 saturated carbocycles. The van der Waals surface area contributed by atoms with Gasteiger partial charge in [0.15, 0.2) is 5.78 Å². The van der Waals surface area contributed by atoms with Crippen molar-refractivity contribution in [3.8, 4) is 6.07 Å². The number of halogens is 3. The fourth-order valence-corrected chi connectivity index (χ4v) is 1.64. The van der Waals surface area contributed by atoms with Gasteiger partial charge >= 0.3 is 0 Å². The molecule has 1 aromatic rings. The summed E-state index contributed by atoms with van der Waals surface area (Å²) in [5.74, 6) is -5.69. The molecule has 5 heteroatoms. The number of hydrogen-bond acceptors (Lipinski definition) is 2. The van der Waals surface area contributed by atoms with E-state index in [4.69, 9.17) is 5.26 Å². The number of benzene rings is 1. The van der Waals surface area contributed by atoms with E-state index in [-0.39, 0.29) is 12.3 Å². The second kappa shape index (κ2) is 5.67. The summed E-state index contributed by atoms with van der Waals surface area (Å²) in [4.78, 5) is 11.8. The van der Waals surface area contributed by atoms with E-state index in [1.165, 1.54) is 0 Å². The van der Waals surface area contributed by atoms with Crippen LogP contribution in [0.2, 0.25) is 0 Å². The van der Waals surface area contributed by atoms with Gasteiger partial charge in [-0.1, -0.05) is 13.8 Å². The molecule has 0 aliphatic heterocycles. The van der Waals surface area contributed by atoms with Crippen LogP contribution in [-0.4, -0.2) is 5.78 Å². The summed E-state index contributed by atoms with van der Waals surface area (Å²) < 4.78 is 39.5. The molecule has 0 aromatic heterocycles. The lowest BCUT2D eigenvalue weighted by molar-refractivity contribution is 0.0928. The minimum absolute atomic E-state index is 0.0326. The summed E-state index contributed by atoms with van der Waals surface area (Å²) in [6.07, 6.45) is 0.200. The van der Waals surface area contributed by atoms with E-state index in [2.05, 4.69) is 0 Å². The third-order valence-electron chi connectivity index (χ3n) is 2.43. The number of ketones is 1. The Balaban J connectivity index is 3.14. The largest absolute Gasteiger partial charge is 0.292 e. The average Bonchev–Trinajstić information content (AvgIpc) is 2.23. The average molecular weight is 255 g/mol. The Morgan fingerprint density at radius 3 is 2.17 bits per heavy atom. The van der Waals surface area contributed by atoms with Gasteiger partial charge in [-0.3, -0.25) is 4.79 Å². The van der Waals surface area contributed by atoms with Gasteiger partial charge in [0.25, 0.3) is 0 Å². The first-order valence-electron chi connectivity index (χ1n) is 5.45. The van der Waals surface area contributed by atoms with Crippen LogP contribution in [0.3, 0.4) is 0 Å². The van der Waals surface area contributed by atoms with Crippen molar-refractivity contribution in [2.45, 2.75) is 20.3 Å². The number of carbonyl (C=O) groups is 1. The molecule has 0 heterocycles. The summed E-state index contributed by atoms with van der Waals surface area (Å²) >= 11 is 0. The number of rotatable bonds is 4. The maximum atomic E-state index is 13.4. The molecule has 1 unspecified atom stereocenters. The fourth-order valence-electron chi connectivity index (χ4n) is 1.64. The third-order valence-corrected chi connectivity index (χ3v) is 2.43. The van der Waals surface area contributed by atoms with Crippen molar-refractivity contribution in [3.05, 3.63) is 35.1 Å². The normalized spacial score (nSPS) is 12.3. The summed E-state index contributed by atoms with van der Waals surface area (Å²) in [5.41, 5.74) is -0.844. The molecule has 0 fully saturated rings. The minimum atomic E-state index is -1.28. The quantitative estimate of drug-likeness (QED) is 0.773. The van der Waals surface area contributed by atoms with Crippen molar-refractivity contribution in [1.82, 2.24) is 0 Å². The fraction of sp³-hybridized carbons (Fsp3) is 0.385. The van der Waals surface area contributed by atoms with E-state index in [0.29, 0.717) is 12.1 Å². The first-order valence-corrected chi connectivity index (χ1v) is 5.45. The molecule has 0 aliphatic rings. The molecule has 1 aromatic carbocycles. The Hall–Kier alpha value is -1.83. The Labute approximate surface area is 103 Å². The van der Waals surface area contributed by atoms with Crippen LogP contribution in [0.15, 0.2) is 12.1 Å². The summed E-state index contributed by atoms with van der Waals surface area (Å²) in [5, 5.41) is 8.85. The van der Waals surface area contributed by atoms with Crippen LogP contribution in [0.25, 0.3) is 0 Å². The minimum Gasteiger partial charge on any atom is -0.292 e. The van der Waals surface area contributed by atoms with Gasteiger partial charge in [-0.25, -0.2) is 13.2 Å². The van der Waals surface area contributed by atoms with Gasteiger partial charge in [-0.2, -0.15) is 5.26 Å². The summed E-state index contributed by atoms with van der Waals surface area (Å²) in [6, 6.07) is 2.59. The number of Topliss-reactive ketones (excluding diaryl/α,β-unsaturated/α-hetero) is 1. The molecule has 0 amide bonds. The van der Waals surface area contributed by atoms with Crippen LogP contribution >= 0.6 is 0 Å². The Morgan fingerprint density at radius 1 is 1.28 bits per heavy atom. The zero-order chi connectivity index (χ0) is 13.9. The highest BCUT2D eigenvalue weighted by Crippen LogP contribution is 2.22. The van der Waals surface area contributed by atoms with Crippen LogP contribution in [0.1, 0.15) is 30.6 Å². The highest BCUT2D eigenvalue weighted by Gasteiger charge is 2.27. The van der Waals surface area contributed by atoms with Crippen LogP contribution in [0.4, 0.5) is 13.2 Å². The lowest BCUT2D eigenvalue weighted by Crippen LogP contribution is -2.18. The highest BCUT2D eigenvalue weighted by atomic mass is 19.1. The van der Waals surface area contributed by atoms with E-state index in [1.54, 1.807) is 19.9 Å². The van der Waals surface area contributed by atoms with Gasteiger partial charge < -0.3 is 0 Å². The SMILES string of the molecule is CC(C)CC(C#N)C(=O)c1c(F)cc(F)cc1F. The summed E-state index contributed by atoms with van der Waals surface area (Å²) in [6.45, 7) is 3.57. The van der Waals surface area contributed by atoms with Gasteiger partial charge in [-0.15, -0.1) is 0 Å². The highest BCUT2D eigenvalue weighted by molar-refractivity contribution is 5.99. The smallest absolute Gasteiger partial charge is 0.185 e. The van der Waals surface area contributed by atoms with Crippen molar-refractivity contribution in [2.75, 3.05) is 0 Å². The zero-order valence-corrected chi connectivity index (χ0v) is 10.0. The number of nitriles is 1. The molecule has 1 rings (SSSR count). The van der Waals surface area contributed by atoms with Crippen molar-refractivity contribution >= 4 is 5.78 Å². The predicted octanol–water partition coefficient (Wildman–Crippen LogP) is 3.47. The Kier molecular flexibility index (Phi) is 4.49.